The molecule has 1 unspecified atom stereocenters. The summed E-state index contributed by atoms with van der Waals surface area (Å²) in [6.45, 7) is 6.09. The fourth-order valence-electron chi connectivity index (χ4n) is 2.98. The lowest BCUT2D eigenvalue weighted by molar-refractivity contribution is -0.139. The van der Waals surface area contributed by atoms with Crippen LogP contribution in [0.1, 0.15) is 12.5 Å². The molecule has 2 aromatic rings. The van der Waals surface area contributed by atoms with Gasteiger partial charge >= 0.3 is 0 Å². The smallest absolute Gasteiger partial charge is 0.263 e. The number of hydrogen-bond acceptors (Lipinski definition) is 3. The fourth-order valence-corrected chi connectivity index (χ4v) is 2.98. The van der Waals surface area contributed by atoms with Crippen LogP contribution in [-0.2, 0) is 11.3 Å². The molecule has 0 radical (unpaired) electrons. The Balaban J connectivity index is 1.48. The zero-order valence-electron chi connectivity index (χ0n) is 14.1. The number of carbonyl (C=O) groups excluding carboxylic acids is 1. The lowest BCUT2D eigenvalue weighted by atomic mass is 10.2. The van der Waals surface area contributed by atoms with Crippen molar-refractivity contribution in [1.82, 2.24) is 9.80 Å². The minimum atomic E-state index is -0.451. The van der Waals surface area contributed by atoms with Gasteiger partial charge in [0, 0.05) is 32.7 Å². The van der Waals surface area contributed by atoms with Gasteiger partial charge in [0.25, 0.3) is 5.91 Å². The average molecular weight is 324 g/mol. The number of benzene rings is 2. The van der Waals surface area contributed by atoms with Crippen LogP contribution in [0.2, 0.25) is 0 Å². The molecule has 0 aliphatic carbocycles. The first-order chi connectivity index (χ1) is 11.7. The molecular formula is C20H24N2O2. The van der Waals surface area contributed by atoms with E-state index in [9.17, 15) is 4.79 Å². The van der Waals surface area contributed by atoms with Crippen molar-refractivity contribution in [3.8, 4) is 5.75 Å². The zero-order chi connectivity index (χ0) is 16.8. The van der Waals surface area contributed by atoms with Gasteiger partial charge in [-0.15, -0.1) is 0 Å². The van der Waals surface area contributed by atoms with Gasteiger partial charge in [0.1, 0.15) is 5.75 Å². The predicted octanol–water partition coefficient (Wildman–Crippen LogP) is 2.80. The molecule has 1 aliphatic heterocycles. The molecule has 1 fully saturated rings. The van der Waals surface area contributed by atoms with E-state index >= 15 is 0 Å². The summed E-state index contributed by atoms with van der Waals surface area (Å²) in [6, 6.07) is 20.0. The first kappa shape index (κ1) is 16.5. The Morgan fingerprint density at radius 2 is 1.54 bits per heavy atom. The van der Waals surface area contributed by atoms with Gasteiger partial charge in [0.2, 0.25) is 0 Å². The molecule has 0 saturated carbocycles. The van der Waals surface area contributed by atoms with E-state index in [4.69, 9.17) is 4.74 Å². The largest absolute Gasteiger partial charge is 0.481 e. The van der Waals surface area contributed by atoms with Crippen LogP contribution in [0.25, 0.3) is 0 Å². The van der Waals surface area contributed by atoms with Crippen LogP contribution >= 0.6 is 0 Å². The van der Waals surface area contributed by atoms with Crippen molar-refractivity contribution in [1.29, 1.82) is 0 Å². The monoisotopic (exact) mass is 324 g/mol. The standard InChI is InChI=1S/C20H24N2O2/c1-17(24-19-10-6-3-7-11-19)20(23)22-14-12-21(13-15-22)16-18-8-4-2-5-9-18/h2-11,17H,12-16H2,1H3. The van der Waals surface area contributed by atoms with Gasteiger partial charge in [-0.05, 0) is 24.6 Å². The number of ether oxygens (including phenoxy) is 1. The van der Waals surface area contributed by atoms with E-state index < -0.39 is 6.10 Å². The van der Waals surface area contributed by atoms with Gasteiger partial charge in [0.05, 0.1) is 0 Å². The van der Waals surface area contributed by atoms with Crippen molar-refractivity contribution in [2.45, 2.75) is 19.6 Å². The van der Waals surface area contributed by atoms with E-state index in [2.05, 4.69) is 29.2 Å². The summed E-state index contributed by atoms with van der Waals surface area (Å²) in [4.78, 5) is 16.9. The third-order valence-corrected chi connectivity index (χ3v) is 4.34. The summed E-state index contributed by atoms with van der Waals surface area (Å²) < 4.78 is 5.75. The molecule has 1 saturated heterocycles. The van der Waals surface area contributed by atoms with Crippen LogP contribution in [0.3, 0.4) is 0 Å². The number of nitrogens with zero attached hydrogens (tertiary/aromatic N) is 2. The summed E-state index contributed by atoms with van der Waals surface area (Å²) >= 11 is 0. The van der Waals surface area contributed by atoms with Crippen LogP contribution in [0.4, 0.5) is 0 Å². The quantitative estimate of drug-likeness (QED) is 0.848. The second kappa shape index (κ2) is 7.97. The summed E-state index contributed by atoms with van der Waals surface area (Å²) in [5.41, 5.74) is 1.32. The Labute approximate surface area is 143 Å². The average Bonchev–Trinajstić information content (AvgIpc) is 2.63. The van der Waals surface area contributed by atoms with Crippen molar-refractivity contribution >= 4 is 5.91 Å². The molecule has 0 aromatic heterocycles. The molecule has 126 valence electrons. The number of piperazine rings is 1. The molecule has 4 nitrogen and oxygen atoms in total. The maximum atomic E-state index is 12.5. The van der Waals surface area contributed by atoms with E-state index in [0.29, 0.717) is 0 Å². The second-order valence-corrected chi connectivity index (χ2v) is 6.16. The van der Waals surface area contributed by atoms with Crippen molar-refractivity contribution in [3.63, 3.8) is 0 Å². The normalized spacial score (nSPS) is 16.6. The third-order valence-electron chi connectivity index (χ3n) is 4.34. The first-order valence-corrected chi connectivity index (χ1v) is 8.49. The highest BCUT2D eigenvalue weighted by molar-refractivity contribution is 5.81. The van der Waals surface area contributed by atoms with Crippen LogP contribution < -0.4 is 4.74 Å². The van der Waals surface area contributed by atoms with Crippen LogP contribution in [0.5, 0.6) is 5.75 Å². The molecule has 1 amide bonds. The van der Waals surface area contributed by atoms with E-state index in [1.165, 1.54) is 5.56 Å². The zero-order valence-corrected chi connectivity index (χ0v) is 14.1. The molecule has 3 rings (SSSR count). The summed E-state index contributed by atoms with van der Waals surface area (Å²) in [7, 11) is 0. The van der Waals surface area contributed by atoms with E-state index in [1.54, 1.807) is 0 Å². The molecule has 24 heavy (non-hydrogen) atoms. The SMILES string of the molecule is CC(Oc1ccccc1)C(=O)N1CCN(Cc2ccccc2)CC1. The Hall–Kier alpha value is -2.33. The number of rotatable bonds is 5. The number of amides is 1. The Morgan fingerprint density at radius 1 is 0.958 bits per heavy atom. The lowest BCUT2D eigenvalue weighted by Gasteiger charge is -2.35. The maximum absolute atomic E-state index is 12.5. The third kappa shape index (κ3) is 4.36. The minimum Gasteiger partial charge on any atom is -0.481 e. The Morgan fingerprint density at radius 3 is 2.17 bits per heavy atom. The highest BCUT2D eigenvalue weighted by atomic mass is 16.5. The molecule has 0 bridgehead atoms. The molecule has 1 aliphatic rings. The first-order valence-electron chi connectivity index (χ1n) is 8.49. The molecule has 2 aromatic carbocycles. The van der Waals surface area contributed by atoms with Gasteiger partial charge in [-0.2, -0.15) is 0 Å². The summed E-state index contributed by atoms with van der Waals surface area (Å²) in [5.74, 6) is 0.805. The topological polar surface area (TPSA) is 32.8 Å². The Bertz CT molecular complexity index is 637. The van der Waals surface area contributed by atoms with Gasteiger partial charge < -0.3 is 9.64 Å². The summed E-state index contributed by atoms with van der Waals surface area (Å²) in [6.07, 6.45) is -0.451. The molecule has 0 N–H and O–H groups in total. The van der Waals surface area contributed by atoms with Gasteiger partial charge in [-0.1, -0.05) is 48.5 Å². The van der Waals surface area contributed by atoms with E-state index in [-0.39, 0.29) is 5.91 Å². The van der Waals surface area contributed by atoms with Crippen LogP contribution in [0.15, 0.2) is 60.7 Å². The van der Waals surface area contributed by atoms with Gasteiger partial charge in [-0.25, -0.2) is 0 Å². The molecule has 0 spiro atoms. The van der Waals surface area contributed by atoms with Crippen molar-refractivity contribution < 1.29 is 9.53 Å². The number of para-hydroxylation sites is 1. The fraction of sp³-hybridized carbons (Fsp3) is 0.350. The maximum Gasteiger partial charge on any atom is 0.263 e. The lowest BCUT2D eigenvalue weighted by Crippen LogP contribution is -2.51. The van der Waals surface area contributed by atoms with Crippen molar-refractivity contribution in [2.75, 3.05) is 26.2 Å². The highest BCUT2D eigenvalue weighted by Crippen LogP contribution is 2.14. The molecular weight excluding hydrogens is 300 g/mol. The minimum absolute atomic E-state index is 0.0678. The van der Waals surface area contributed by atoms with Crippen molar-refractivity contribution in [2.24, 2.45) is 0 Å². The predicted molar refractivity (Wildman–Crippen MR) is 94.8 cm³/mol. The van der Waals surface area contributed by atoms with Gasteiger partial charge in [0.15, 0.2) is 6.10 Å². The highest BCUT2D eigenvalue weighted by Gasteiger charge is 2.25. The van der Waals surface area contributed by atoms with E-state index in [1.807, 2.05) is 48.2 Å². The molecule has 1 atom stereocenters. The van der Waals surface area contributed by atoms with Crippen LogP contribution in [0, 0.1) is 0 Å². The second-order valence-electron chi connectivity index (χ2n) is 6.16. The van der Waals surface area contributed by atoms with E-state index in [0.717, 1.165) is 38.5 Å². The Kier molecular flexibility index (Phi) is 5.49. The number of carbonyl (C=O) groups is 1. The summed E-state index contributed by atoms with van der Waals surface area (Å²) in [5, 5.41) is 0. The number of hydrogen-bond donors (Lipinski definition) is 0. The molecule has 1 heterocycles. The van der Waals surface area contributed by atoms with Crippen LogP contribution in [-0.4, -0.2) is 48.0 Å². The van der Waals surface area contributed by atoms with Gasteiger partial charge in [-0.3, -0.25) is 9.69 Å². The van der Waals surface area contributed by atoms with Crippen molar-refractivity contribution in [3.05, 3.63) is 66.2 Å². The molecule has 4 heteroatoms.